The Balaban J connectivity index is 1.38. The number of rotatable bonds is 2. The predicted octanol–water partition coefficient (Wildman–Crippen LogP) is 12.3. The van der Waals surface area contributed by atoms with E-state index in [2.05, 4.69) is 144 Å². The summed E-state index contributed by atoms with van der Waals surface area (Å²) in [7, 11) is 0. The summed E-state index contributed by atoms with van der Waals surface area (Å²) in [6.07, 6.45) is 0. The van der Waals surface area contributed by atoms with Gasteiger partial charge in [0, 0.05) is 46.6 Å². The van der Waals surface area contributed by atoms with E-state index in [-0.39, 0.29) is 0 Å². The van der Waals surface area contributed by atoms with E-state index in [9.17, 15) is 0 Å². The van der Waals surface area contributed by atoms with Crippen molar-refractivity contribution < 1.29 is 0 Å². The zero-order valence-corrected chi connectivity index (χ0v) is 26.6. The molecule has 47 heavy (non-hydrogen) atoms. The van der Waals surface area contributed by atoms with Gasteiger partial charge in [0.1, 0.15) is 16.0 Å². The molecule has 218 valence electrons. The molecule has 11 rings (SSSR count). The number of fused-ring (bicyclic) bond motifs is 14. The molecule has 3 nitrogen and oxygen atoms in total. The molecule has 0 spiro atoms. The minimum atomic E-state index is 0.854. The highest BCUT2D eigenvalue weighted by Gasteiger charge is 2.24. The van der Waals surface area contributed by atoms with E-state index in [1.165, 1.54) is 57.2 Å². The minimum absolute atomic E-state index is 0.854. The summed E-state index contributed by atoms with van der Waals surface area (Å²) >= 11 is 3.60. The van der Waals surface area contributed by atoms with Crippen molar-refractivity contribution in [3.63, 3.8) is 0 Å². The van der Waals surface area contributed by atoms with Crippen molar-refractivity contribution in [1.29, 1.82) is 0 Å². The fourth-order valence-corrected chi connectivity index (χ4v) is 9.81. The molecule has 4 heterocycles. The Morgan fingerprint density at radius 1 is 0.447 bits per heavy atom. The van der Waals surface area contributed by atoms with Crippen LogP contribution in [0.2, 0.25) is 0 Å². The first-order valence-electron chi connectivity index (χ1n) is 15.8. The summed E-state index contributed by atoms with van der Waals surface area (Å²) in [6, 6.07) is 50.3. The lowest BCUT2D eigenvalue weighted by molar-refractivity contribution is 1.09. The van der Waals surface area contributed by atoms with Crippen LogP contribution in [0.4, 0.5) is 0 Å². The predicted molar refractivity (Wildman–Crippen MR) is 203 cm³/mol. The van der Waals surface area contributed by atoms with Crippen LogP contribution in [0.25, 0.3) is 101 Å². The highest BCUT2D eigenvalue weighted by atomic mass is 32.1. The molecule has 0 unspecified atom stereocenters. The zero-order valence-electron chi connectivity index (χ0n) is 24.9. The molecule has 0 N–H and O–H groups in total. The molecule has 11 aromatic rings. The third-order valence-electron chi connectivity index (χ3n) is 9.60. The van der Waals surface area contributed by atoms with Gasteiger partial charge in [0.05, 0.1) is 11.0 Å². The van der Waals surface area contributed by atoms with Gasteiger partial charge in [-0.15, -0.1) is 22.7 Å². The molecule has 7 aromatic carbocycles. The molecule has 0 amide bonds. The molecule has 0 bridgehead atoms. The van der Waals surface area contributed by atoms with Crippen molar-refractivity contribution in [2.24, 2.45) is 0 Å². The maximum atomic E-state index is 5.55. The lowest BCUT2D eigenvalue weighted by Crippen LogP contribution is -2.03. The van der Waals surface area contributed by atoms with Crippen molar-refractivity contribution >= 4 is 107 Å². The second-order valence-corrected chi connectivity index (χ2v) is 14.2. The van der Waals surface area contributed by atoms with E-state index in [1.54, 1.807) is 11.3 Å². The molecule has 5 heteroatoms. The van der Waals surface area contributed by atoms with Gasteiger partial charge in [-0.3, -0.25) is 4.57 Å². The van der Waals surface area contributed by atoms with Crippen LogP contribution in [-0.2, 0) is 0 Å². The lowest BCUT2D eigenvalue weighted by Gasteiger charge is -2.13. The minimum Gasteiger partial charge on any atom is -0.292 e. The second-order valence-electron chi connectivity index (χ2n) is 12.1. The fraction of sp³-hybridized carbons (Fsp3) is 0. The highest BCUT2D eigenvalue weighted by molar-refractivity contribution is 7.27. The summed E-state index contributed by atoms with van der Waals surface area (Å²) < 4.78 is 6.21. The Morgan fingerprint density at radius 2 is 1.13 bits per heavy atom. The summed E-state index contributed by atoms with van der Waals surface area (Å²) in [5.41, 5.74) is 5.17. The van der Waals surface area contributed by atoms with Gasteiger partial charge in [-0.05, 0) is 45.8 Å². The Kier molecular flexibility index (Phi) is 5.14. The summed E-state index contributed by atoms with van der Waals surface area (Å²) in [5.74, 6) is 0.854. The Bertz CT molecular complexity index is 3070. The maximum Gasteiger partial charge on any atom is 0.165 e. The smallest absolute Gasteiger partial charge is 0.165 e. The van der Waals surface area contributed by atoms with Gasteiger partial charge >= 0.3 is 0 Å². The van der Waals surface area contributed by atoms with Crippen molar-refractivity contribution in [1.82, 2.24) is 14.5 Å². The van der Waals surface area contributed by atoms with Crippen LogP contribution in [0.5, 0.6) is 0 Å². The first-order chi connectivity index (χ1) is 23.3. The van der Waals surface area contributed by atoms with Gasteiger partial charge in [-0.2, -0.15) is 0 Å². The van der Waals surface area contributed by atoms with Crippen molar-refractivity contribution in [2.45, 2.75) is 0 Å². The topological polar surface area (TPSA) is 30.7 Å². The summed E-state index contributed by atoms with van der Waals surface area (Å²) in [5, 5.41) is 11.3. The third-order valence-corrected chi connectivity index (χ3v) is 11.9. The van der Waals surface area contributed by atoms with Crippen molar-refractivity contribution in [3.05, 3.63) is 140 Å². The lowest BCUT2D eigenvalue weighted by atomic mass is 9.99. The van der Waals surface area contributed by atoms with E-state index in [0.717, 1.165) is 43.8 Å². The molecule has 0 fully saturated rings. The average molecular weight is 634 g/mol. The molecule has 0 saturated carbocycles. The van der Waals surface area contributed by atoms with Crippen LogP contribution in [0.1, 0.15) is 0 Å². The number of benzene rings is 7. The maximum absolute atomic E-state index is 5.55. The molecular formula is C42H23N3S2. The Morgan fingerprint density at radius 3 is 2.00 bits per heavy atom. The number of thiophene rings is 2. The number of aromatic nitrogens is 3. The molecule has 0 saturated heterocycles. The SMILES string of the molecule is c1ccc(-c2nc3sc4ccccc4c3nc2-n2c3ccc4ccccc4c3c3c4c(ccc32)sc2c3ccccc3ccc24)cc1. The van der Waals surface area contributed by atoms with Gasteiger partial charge < -0.3 is 0 Å². The van der Waals surface area contributed by atoms with Gasteiger partial charge in [-0.1, -0.05) is 115 Å². The van der Waals surface area contributed by atoms with Crippen LogP contribution >= 0.6 is 22.7 Å². The average Bonchev–Trinajstić information content (AvgIpc) is 3.80. The normalized spacial score (nSPS) is 12.3. The van der Waals surface area contributed by atoms with Crippen molar-refractivity contribution in [2.75, 3.05) is 0 Å². The zero-order chi connectivity index (χ0) is 30.6. The van der Waals surface area contributed by atoms with Crippen LogP contribution < -0.4 is 0 Å². The monoisotopic (exact) mass is 633 g/mol. The van der Waals surface area contributed by atoms with E-state index in [4.69, 9.17) is 9.97 Å². The standard InChI is InChI=1S/C42H23N3S2/c1-2-12-26(13-3-1)38-41(43-39-29-16-8-9-17-33(29)47-42(39)44-38)45-31-21-19-24-10-4-6-14-27(24)35(31)37-32(45)22-23-34-36(37)30-20-18-25-11-5-7-15-28(25)40(30)46-34/h1-23H. The summed E-state index contributed by atoms with van der Waals surface area (Å²) in [6.45, 7) is 0. The second kappa shape index (κ2) is 9.46. The third kappa shape index (κ3) is 3.50. The van der Waals surface area contributed by atoms with Crippen LogP contribution in [0.15, 0.2) is 140 Å². The molecular weight excluding hydrogens is 611 g/mol. The van der Waals surface area contributed by atoms with Gasteiger partial charge in [0.15, 0.2) is 5.82 Å². The number of nitrogens with zero attached hydrogens (tertiary/aromatic N) is 3. The van der Waals surface area contributed by atoms with Gasteiger partial charge in [0.2, 0.25) is 0 Å². The van der Waals surface area contributed by atoms with Crippen molar-refractivity contribution in [3.8, 4) is 17.1 Å². The number of hydrogen-bond acceptors (Lipinski definition) is 4. The highest BCUT2D eigenvalue weighted by Crippen LogP contribution is 2.47. The van der Waals surface area contributed by atoms with E-state index < -0.39 is 0 Å². The van der Waals surface area contributed by atoms with E-state index >= 15 is 0 Å². The van der Waals surface area contributed by atoms with Crippen LogP contribution in [0, 0.1) is 0 Å². The quantitative estimate of drug-likeness (QED) is 0.190. The molecule has 0 atom stereocenters. The Hall–Kier alpha value is -5.62. The fourth-order valence-electron chi connectivity index (χ4n) is 7.55. The first kappa shape index (κ1) is 25.6. The largest absolute Gasteiger partial charge is 0.292 e. The Labute approximate surface area is 276 Å². The molecule has 0 radical (unpaired) electrons. The van der Waals surface area contributed by atoms with E-state index in [0.29, 0.717) is 0 Å². The number of hydrogen-bond donors (Lipinski definition) is 0. The van der Waals surface area contributed by atoms with E-state index in [1.807, 2.05) is 11.3 Å². The molecule has 0 aliphatic rings. The molecule has 0 aliphatic carbocycles. The van der Waals surface area contributed by atoms with Crippen LogP contribution in [0.3, 0.4) is 0 Å². The summed E-state index contributed by atoms with van der Waals surface area (Å²) in [4.78, 5) is 11.9. The van der Waals surface area contributed by atoms with Gasteiger partial charge in [0.25, 0.3) is 0 Å². The molecule has 4 aromatic heterocycles. The first-order valence-corrected chi connectivity index (χ1v) is 17.4. The van der Waals surface area contributed by atoms with Gasteiger partial charge in [-0.25, -0.2) is 9.97 Å². The van der Waals surface area contributed by atoms with Crippen LogP contribution in [-0.4, -0.2) is 14.5 Å². The molecule has 0 aliphatic heterocycles.